The fraction of sp³-hybridized carbons (Fsp3) is 0.889. The zero-order valence-corrected chi connectivity index (χ0v) is 15.0. The van der Waals surface area contributed by atoms with Crippen molar-refractivity contribution >= 4 is 29.5 Å². The maximum absolute atomic E-state index is 11.3. The smallest absolute Gasteiger partial charge is 0.390 e. The van der Waals surface area contributed by atoms with Crippen molar-refractivity contribution in [3.05, 3.63) is 0 Å². The highest BCUT2D eigenvalue weighted by atomic mass is 31.3. The highest BCUT2D eigenvalue weighted by molar-refractivity contribution is 7.70. The van der Waals surface area contributed by atoms with Gasteiger partial charge in [0.05, 0.1) is 18.8 Å². The van der Waals surface area contributed by atoms with Crippen LogP contribution >= 0.6 is 23.2 Å². The molecule has 0 amide bonds. The van der Waals surface area contributed by atoms with Crippen molar-refractivity contribution in [2.24, 2.45) is 0 Å². The van der Waals surface area contributed by atoms with E-state index in [1.54, 1.807) is 0 Å². The lowest BCUT2D eigenvalue weighted by Gasteiger charge is -2.23. The van der Waals surface area contributed by atoms with Gasteiger partial charge in [-0.05, 0) is 12.7 Å². The molecule has 1 heterocycles. The van der Waals surface area contributed by atoms with E-state index in [2.05, 4.69) is 14.9 Å². The van der Waals surface area contributed by atoms with Crippen LogP contribution in [0.4, 0.5) is 0 Å². The first kappa shape index (κ1) is 21.4. The fourth-order valence-corrected chi connectivity index (χ4v) is 5.32. The number of ether oxygens (including phenoxy) is 1. The van der Waals surface area contributed by atoms with Crippen molar-refractivity contribution in [2.45, 2.75) is 44.5 Å². The molecule has 23 heavy (non-hydrogen) atoms. The average Bonchev–Trinajstić information content (AvgIpc) is 2.63. The van der Waals surface area contributed by atoms with Crippen LogP contribution in [0.3, 0.4) is 0 Å². The molecule has 0 spiro atoms. The molecule has 14 heteroatoms. The molecule has 0 aromatic heterocycles. The summed E-state index contributed by atoms with van der Waals surface area (Å²) in [5.74, 6) is 0. The summed E-state index contributed by atoms with van der Waals surface area (Å²) in [6.45, 7) is 1.57. The summed E-state index contributed by atoms with van der Waals surface area (Å²) in [6, 6.07) is 0. The van der Waals surface area contributed by atoms with E-state index in [0.29, 0.717) is 6.42 Å². The van der Waals surface area contributed by atoms with E-state index in [4.69, 9.17) is 23.9 Å². The predicted octanol–water partition coefficient (Wildman–Crippen LogP) is 0.735. The Morgan fingerprint density at radius 2 is 1.83 bits per heavy atom. The van der Waals surface area contributed by atoms with Crippen LogP contribution in [0, 0.1) is 0 Å². The lowest BCUT2D eigenvalue weighted by Crippen LogP contribution is -2.26. The van der Waals surface area contributed by atoms with Gasteiger partial charge < -0.3 is 33.9 Å². The molecule has 0 saturated carbocycles. The summed E-state index contributed by atoms with van der Waals surface area (Å²) in [5, 5.41) is 9.80. The van der Waals surface area contributed by atoms with E-state index in [0.717, 1.165) is 12.8 Å². The standard InChI is InChI=1S/C9H21O11P3/c1-3-4-7-5-8(10)9(18-7)6-17-21(2,11)19-23(15,16)20-22(12,13)14/h7-11H,2-6H2,1H3,(H,15,16)(H2,12,13,14)/t7-,8+,9+,21?/m0/s1. The van der Waals surface area contributed by atoms with Gasteiger partial charge in [-0.3, -0.25) is 0 Å². The van der Waals surface area contributed by atoms with Gasteiger partial charge in [-0.2, -0.15) is 4.31 Å². The van der Waals surface area contributed by atoms with Crippen LogP contribution in [0.1, 0.15) is 26.2 Å². The monoisotopic (exact) mass is 398 g/mol. The third-order valence-electron chi connectivity index (χ3n) is 2.79. The Bertz CT molecular complexity index is 531. The van der Waals surface area contributed by atoms with Crippen molar-refractivity contribution in [1.29, 1.82) is 0 Å². The molecule has 2 unspecified atom stereocenters. The minimum absolute atomic E-state index is 0.164. The zero-order chi connectivity index (χ0) is 17.9. The van der Waals surface area contributed by atoms with E-state index < -0.39 is 35.4 Å². The summed E-state index contributed by atoms with van der Waals surface area (Å²) in [5.41, 5.74) is 0. The van der Waals surface area contributed by atoms with Crippen LogP contribution in [0.15, 0.2) is 0 Å². The summed E-state index contributed by atoms with van der Waals surface area (Å²) in [7, 11) is -14.8. The Balaban J connectivity index is 2.54. The molecule has 0 aromatic carbocycles. The first-order valence-corrected chi connectivity index (χ1v) is 11.4. The molecular weight excluding hydrogens is 377 g/mol. The van der Waals surface area contributed by atoms with E-state index in [1.165, 1.54) is 0 Å². The van der Waals surface area contributed by atoms with Crippen LogP contribution in [0.5, 0.6) is 0 Å². The number of rotatable bonds is 9. The topological polar surface area (TPSA) is 172 Å². The van der Waals surface area contributed by atoms with Gasteiger partial charge in [-0.15, -0.1) is 0 Å². The molecule has 1 fully saturated rings. The number of hydrogen-bond acceptors (Lipinski definition) is 8. The Kier molecular flexibility index (Phi) is 7.63. The summed E-state index contributed by atoms with van der Waals surface area (Å²) >= 11 is 0. The van der Waals surface area contributed by atoms with Crippen LogP contribution < -0.4 is 0 Å². The molecule has 0 aliphatic carbocycles. The number of aliphatic hydroxyl groups excluding tert-OH is 1. The highest BCUT2D eigenvalue weighted by Gasteiger charge is 2.39. The number of aliphatic hydroxyl groups is 1. The normalized spacial score (nSPS) is 30.8. The Hall–Kier alpha value is 0.400. The first-order chi connectivity index (χ1) is 10.3. The molecule has 5 N–H and O–H groups in total. The van der Waals surface area contributed by atoms with E-state index >= 15 is 0 Å². The minimum Gasteiger partial charge on any atom is -0.390 e. The van der Waals surface area contributed by atoms with Crippen molar-refractivity contribution in [2.75, 3.05) is 6.61 Å². The lowest BCUT2D eigenvalue weighted by molar-refractivity contribution is -0.0203. The third-order valence-corrected chi connectivity index (χ3v) is 6.87. The Morgan fingerprint density at radius 3 is 2.35 bits per heavy atom. The van der Waals surface area contributed by atoms with Crippen molar-refractivity contribution in [3.8, 4) is 0 Å². The summed E-state index contributed by atoms with van der Waals surface area (Å²) < 4.78 is 39.9. The summed E-state index contributed by atoms with van der Waals surface area (Å²) in [4.78, 5) is 35.8. The SMILES string of the molecule is C=P(O)(OC[C@H]1O[C@@H](CCC)C[C@H]1O)OP(=O)(O)OP(=O)(O)O. The van der Waals surface area contributed by atoms with Gasteiger partial charge >= 0.3 is 15.6 Å². The van der Waals surface area contributed by atoms with Gasteiger partial charge in [0.1, 0.15) is 6.10 Å². The van der Waals surface area contributed by atoms with Gasteiger partial charge in [0.15, 0.2) is 0 Å². The van der Waals surface area contributed by atoms with Gasteiger partial charge in [-0.25, -0.2) is 13.4 Å². The third kappa shape index (κ3) is 8.36. The van der Waals surface area contributed by atoms with Crippen LogP contribution in [-0.2, 0) is 27.0 Å². The number of hydrogen-bond donors (Lipinski definition) is 5. The Morgan fingerprint density at radius 1 is 1.22 bits per heavy atom. The van der Waals surface area contributed by atoms with Gasteiger partial charge in [0.25, 0.3) is 7.57 Å². The maximum atomic E-state index is 11.3. The molecule has 1 saturated heterocycles. The highest BCUT2D eigenvalue weighted by Crippen LogP contribution is 2.66. The molecule has 0 radical (unpaired) electrons. The van der Waals surface area contributed by atoms with Gasteiger partial charge in [0, 0.05) is 6.42 Å². The molecule has 5 atom stereocenters. The average molecular weight is 398 g/mol. The second-order valence-corrected chi connectivity index (χ2v) is 9.70. The maximum Gasteiger partial charge on any atom is 0.487 e. The molecule has 0 bridgehead atoms. The van der Waals surface area contributed by atoms with Crippen molar-refractivity contribution < 1.29 is 51.7 Å². The number of phosphoric acid groups is 2. The fourth-order valence-electron chi connectivity index (χ4n) is 2.00. The van der Waals surface area contributed by atoms with Crippen molar-refractivity contribution in [3.63, 3.8) is 0 Å². The molecule has 0 aromatic rings. The predicted molar refractivity (Wildman–Crippen MR) is 80.4 cm³/mol. The summed E-state index contributed by atoms with van der Waals surface area (Å²) in [6.07, 6.45) is 3.22. The molecule has 1 aliphatic heterocycles. The lowest BCUT2D eigenvalue weighted by atomic mass is 10.1. The molecule has 11 nitrogen and oxygen atoms in total. The molecule has 1 rings (SSSR count). The molecule has 138 valence electrons. The van der Waals surface area contributed by atoms with E-state index in [-0.39, 0.29) is 12.7 Å². The van der Waals surface area contributed by atoms with Gasteiger partial charge in [-0.1, -0.05) is 13.3 Å². The van der Waals surface area contributed by atoms with E-state index in [9.17, 15) is 19.1 Å². The van der Waals surface area contributed by atoms with Gasteiger partial charge in [0.2, 0.25) is 0 Å². The van der Waals surface area contributed by atoms with Crippen LogP contribution in [0.2, 0.25) is 0 Å². The quantitative estimate of drug-likeness (QED) is 0.347. The van der Waals surface area contributed by atoms with Crippen LogP contribution in [0.25, 0.3) is 0 Å². The second kappa shape index (κ2) is 8.19. The van der Waals surface area contributed by atoms with Crippen LogP contribution in [-0.4, -0.2) is 55.9 Å². The zero-order valence-electron chi connectivity index (χ0n) is 12.3. The van der Waals surface area contributed by atoms with E-state index in [1.807, 2.05) is 6.92 Å². The second-order valence-electron chi connectivity index (χ2n) is 4.94. The largest absolute Gasteiger partial charge is 0.487 e. The molecule has 1 aliphatic rings. The first-order valence-electron chi connectivity index (χ1n) is 6.59. The van der Waals surface area contributed by atoms with Crippen molar-refractivity contribution in [1.82, 2.24) is 0 Å². The molecular formula is C9H21O11P3. The minimum atomic E-state index is -5.32. The Labute approximate surface area is 133 Å².